The molecule has 1 aliphatic rings. The summed E-state index contributed by atoms with van der Waals surface area (Å²) in [5.41, 5.74) is 0.237. The van der Waals surface area contributed by atoms with Crippen LogP contribution in [0.5, 0.6) is 11.5 Å². The van der Waals surface area contributed by atoms with E-state index in [4.69, 9.17) is 14.2 Å². The summed E-state index contributed by atoms with van der Waals surface area (Å²) in [4.78, 5) is 36.4. The Balaban J connectivity index is 2.25. The highest BCUT2D eigenvalue weighted by atomic mass is 16.5. The first-order chi connectivity index (χ1) is 12.9. The maximum Gasteiger partial charge on any atom is 0.342 e. The van der Waals surface area contributed by atoms with E-state index in [0.29, 0.717) is 6.42 Å². The summed E-state index contributed by atoms with van der Waals surface area (Å²) in [6.07, 6.45) is 0.454. The Morgan fingerprint density at radius 1 is 1.19 bits per heavy atom. The fraction of sp³-hybridized carbons (Fsp3) is 0.389. The number of benzene rings is 1. The standard InChI is InChI=1S/C18H22N2O7/c1-4-11-14(17(23)26-5-2)12(20-18(24)19-11)9-27-16(22)10-7-6-8-13(25-3)15(10)21/h6-8,11,21H,4-5,9H2,1-3H3,(H2,19,20,24). The molecule has 0 bridgehead atoms. The van der Waals surface area contributed by atoms with Crippen molar-refractivity contribution in [2.24, 2.45) is 0 Å². The van der Waals surface area contributed by atoms with Crippen molar-refractivity contribution >= 4 is 18.0 Å². The van der Waals surface area contributed by atoms with Gasteiger partial charge in [-0.05, 0) is 25.5 Å². The van der Waals surface area contributed by atoms with Gasteiger partial charge in [0.2, 0.25) is 0 Å². The van der Waals surface area contributed by atoms with Gasteiger partial charge in [0.15, 0.2) is 11.5 Å². The van der Waals surface area contributed by atoms with Crippen LogP contribution in [-0.2, 0) is 14.3 Å². The van der Waals surface area contributed by atoms with Gasteiger partial charge in [-0.2, -0.15) is 0 Å². The highest BCUT2D eigenvalue weighted by Crippen LogP contribution is 2.30. The lowest BCUT2D eigenvalue weighted by atomic mass is 10.0. The first kappa shape index (κ1) is 20.1. The molecule has 0 radical (unpaired) electrons. The molecule has 2 rings (SSSR count). The van der Waals surface area contributed by atoms with Gasteiger partial charge in [-0.15, -0.1) is 0 Å². The highest BCUT2D eigenvalue weighted by molar-refractivity contribution is 5.96. The minimum atomic E-state index is -0.831. The average molecular weight is 378 g/mol. The van der Waals surface area contributed by atoms with E-state index in [9.17, 15) is 19.5 Å². The number of aromatic hydroxyl groups is 1. The van der Waals surface area contributed by atoms with Crippen LogP contribution in [0.25, 0.3) is 0 Å². The number of carbonyl (C=O) groups is 3. The van der Waals surface area contributed by atoms with Gasteiger partial charge in [-0.1, -0.05) is 13.0 Å². The van der Waals surface area contributed by atoms with Gasteiger partial charge in [-0.3, -0.25) is 0 Å². The van der Waals surface area contributed by atoms with Crippen molar-refractivity contribution in [2.75, 3.05) is 20.3 Å². The number of phenolic OH excluding ortho intramolecular Hbond substituents is 1. The molecule has 1 aromatic carbocycles. The molecule has 0 fully saturated rings. The lowest BCUT2D eigenvalue weighted by molar-refractivity contribution is -0.139. The molecule has 0 aromatic heterocycles. The maximum absolute atomic E-state index is 12.3. The predicted molar refractivity (Wildman–Crippen MR) is 94.3 cm³/mol. The summed E-state index contributed by atoms with van der Waals surface area (Å²) in [7, 11) is 1.36. The minimum Gasteiger partial charge on any atom is -0.504 e. The zero-order valence-corrected chi connectivity index (χ0v) is 15.3. The number of hydrogen-bond acceptors (Lipinski definition) is 7. The molecule has 9 heteroatoms. The van der Waals surface area contributed by atoms with Crippen LogP contribution in [0.2, 0.25) is 0 Å². The number of nitrogens with one attached hydrogen (secondary N) is 2. The third kappa shape index (κ3) is 4.49. The van der Waals surface area contributed by atoms with Crippen LogP contribution in [0.15, 0.2) is 29.5 Å². The van der Waals surface area contributed by atoms with E-state index in [1.807, 2.05) is 0 Å². The number of esters is 2. The second-order valence-electron chi connectivity index (χ2n) is 5.60. The van der Waals surface area contributed by atoms with Gasteiger partial charge in [0, 0.05) is 0 Å². The Morgan fingerprint density at radius 2 is 1.93 bits per heavy atom. The van der Waals surface area contributed by atoms with E-state index < -0.39 is 24.0 Å². The van der Waals surface area contributed by atoms with Crippen LogP contribution < -0.4 is 15.4 Å². The number of hydrogen-bond donors (Lipinski definition) is 3. The van der Waals surface area contributed by atoms with Crippen LogP contribution in [0.4, 0.5) is 4.79 Å². The van der Waals surface area contributed by atoms with Crippen molar-refractivity contribution in [1.82, 2.24) is 10.6 Å². The van der Waals surface area contributed by atoms with E-state index in [-0.39, 0.29) is 41.5 Å². The second kappa shape index (κ2) is 8.93. The molecule has 146 valence electrons. The predicted octanol–water partition coefficient (Wildman–Crippen LogP) is 1.47. The summed E-state index contributed by atoms with van der Waals surface area (Å²) in [5, 5.41) is 15.1. The van der Waals surface area contributed by atoms with Gasteiger partial charge < -0.3 is 30.0 Å². The molecule has 9 nitrogen and oxygen atoms in total. The van der Waals surface area contributed by atoms with E-state index >= 15 is 0 Å². The number of carbonyl (C=O) groups excluding carboxylic acids is 3. The highest BCUT2D eigenvalue weighted by Gasteiger charge is 2.32. The van der Waals surface area contributed by atoms with E-state index in [0.717, 1.165) is 0 Å². The zero-order valence-electron chi connectivity index (χ0n) is 15.3. The van der Waals surface area contributed by atoms with E-state index in [2.05, 4.69) is 10.6 Å². The fourth-order valence-corrected chi connectivity index (χ4v) is 2.64. The fourth-order valence-electron chi connectivity index (χ4n) is 2.64. The number of para-hydroxylation sites is 1. The van der Waals surface area contributed by atoms with Crippen molar-refractivity contribution in [3.05, 3.63) is 35.0 Å². The van der Waals surface area contributed by atoms with Gasteiger partial charge in [0.05, 0.1) is 31.0 Å². The Hall–Kier alpha value is -3.23. The molecule has 0 saturated heterocycles. The minimum absolute atomic E-state index is 0.0973. The van der Waals surface area contributed by atoms with E-state index in [1.165, 1.54) is 25.3 Å². The second-order valence-corrected chi connectivity index (χ2v) is 5.60. The largest absolute Gasteiger partial charge is 0.504 e. The maximum atomic E-state index is 12.3. The molecule has 1 heterocycles. The normalized spacial score (nSPS) is 16.3. The summed E-state index contributed by atoms with van der Waals surface area (Å²) in [6.45, 7) is 3.26. The van der Waals surface area contributed by atoms with Crippen molar-refractivity contribution < 1.29 is 33.7 Å². The Kier molecular flexibility index (Phi) is 6.64. The molecule has 3 N–H and O–H groups in total. The lowest BCUT2D eigenvalue weighted by Gasteiger charge is -2.28. The molecule has 0 spiro atoms. The summed E-state index contributed by atoms with van der Waals surface area (Å²) < 4.78 is 15.2. The molecule has 1 unspecified atom stereocenters. The number of amides is 2. The van der Waals surface area contributed by atoms with Crippen molar-refractivity contribution in [2.45, 2.75) is 26.3 Å². The van der Waals surface area contributed by atoms with Crippen LogP contribution in [0, 0.1) is 0 Å². The van der Waals surface area contributed by atoms with Crippen LogP contribution >= 0.6 is 0 Å². The Bertz CT molecular complexity index is 773. The number of rotatable bonds is 7. The number of phenols is 1. The topological polar surface area (TPSA) is 123 Å². The lowest BCUT2D eigenvalue weighted by Crippen LogP contribution is -2.51. The molecule has 2 amide bonds. The molecule has 1 atom stereocenters. The Morgan fingerprint density at radius 3 is 2.56 bits per heavy atom. The van der Waals surface area contributed by atoms with E-state index in [1.54, 1.807) is 13.8 Å². The molecule has 0 aliphatic carbocycles. The SMILES string of the molecule is CCOC(=O)C1=C(COC(=O)c2cccc(OC)c2O)NC(=O)NC1CC. The quantitative estimate of drug-likeness (QED) is 0.614. The first-order valence-electron chi connectivity index (χ1n) is 8.43. The molecule has 1 aliphatic heterocycles. The average Bonchev–Trinajstić information content (AvgIpc) is 2.65. The number of methoxy groups -OCH3 is 1. The zero-order chi connectivity index (χ0) is 20.0. The van der Waals surface area contributed by atoms with Crippen molar-refractivity contribution in [3.8, 4) is 11.5 Å². The summed E-state index contributed by atoms with van der Waals surface area (Å²) in [6, 6.07) is 3.32. The molecule has 1 aromatic rings. The smallest absolute Gasteiger partial charge is 0.342 e. The third-order valence-electron chi connectivity index (χ3n) is 3.93. The molecule has 27 heavy (non-hydrogen) atoms. The molecular formula is C18H22N2O7. The van der Waals surface area contributed by atoms with Crippen molar-refractivity contribution in [3.63, 3.8) is 0 Å². The Labute approximate surface area is 156 Å². The van der Waals surface area contributed by atoms with Crippen molar-refractivity contribution in [1.29, 1.82) is 0 Å². The van der Waals surface area contributed by atoms with Crippen LogP contribution in [0.3, 0.4) is 0 Å². The van der Waals surface area contributed by atoms with Crippen LogP contribution in [0.1, 0.15) is 30.6 Å². The summed E-state index contributed by atoms with van der Waals surface area (Å²) in [5.74, 6) is -1.67. The van der Waals surface area contributed by atoms with Gasteiger partial charge >= 0.3 is 18.0 Å². The number of ether oxygens (including phenoxy) is 3. The summed E-state index contributed by atoms with van der Waals surface area (Å²) >= 11 is 0. The van der Waals surface area contributed by atoms with Crippen LogP contribution in [-0.4, -0.2) is 49.4 Å². The third-order valence-corrected chi connectivity index (χ3v) is 3.93. The van der Waals surface area contributed by atoms with Gasteiger partial charge in [0.1, 0.15) is 12.2 Å². The molecular weight excluding hydrogens is 356 g/mol. The monoisotopic (exact) mass is 378 g/mol. The number of urea groups is 1. The first-order valence-corrected chi connectivity index (χ1v) is 8.43. The van der Waals surface area contributed by atoms with Gasteiger partial charge in [0.25, 0.3) is 0 Å². The van der Waals surface area contributed by atoms with Gasteiger partial charge in [-0.25, -0.2) is 14.4 Å². The molecule has 0 saturated carbocycles.